The minimum absolute atomic E-state index is 0.586. The zero-order chi connectivity index (χ0) is 11.5. The third kappa shape index (κ3) is 2.58. The Morgan fingerprint density at radius 3 is 3.41 bits per heavy atom. The summed E-state index contributed by atoms with van der Waals surface area (Å²) in [5, 5.41) is 6.80. The normalized spacial score (nSPS) is 20.0. The maximum atomic E-state index is 5.45. The molecule has 1 unspecified atom stereocenters. The second-order valence-electron chi connectivity index (χ2n) is 4.64. The van der Waals surface area contributed by atoms with Crippen LogP contribution in [0.3, 0.4) is 0 Å². The lowest BCUT2D eigenvalue weighted by molar-refractivity contribution is 0.355. The van der Waals surface area contributed by atoms with Crippen molar-refractivity contribution in [3.8, 4) is 5.75 Å². The fourth-order valence-electron chi connectivity index (χ4n) is 2.36. The largest absolute Gasteiger partial charge is 0.491 e. The summed E-state index contributed by atoms with van der Waals surface area (Å²) in [6.45, 7) is 4.87. The molecule has 3 rings (SSSR count). The molecule has 1 radical (unpaired) electrons. The van der Waals surface area contributed by atoms with Crippen molar-refractivity contribution in [1.82, 2.24) is 15.6 Å². The molecule has 4 nitrogen and oxygen atoms in total. The number of hydrogen-bond donors (Lipinski definition) is 2. The Hall–Kier alpha value is -1.13. The van der Waals surface area contributed by atoms with E-state index in [1.54, 1.807) is 0 Å². The van der Waals surface area contributed by atoms with Crippen LogP contribution >= 0.6 is 0 Å². The van der Waals surface area contributed by atoms with Crippen molar-refractivity contribution in [3.05, 3.63) is 30.1 Å². The number of nitrogens with zero attached hydrogens (tertiary/aromatic N) is 1. The standard InChI is InChI=1S/C13H18N3O/c1-4-14-5-2-11(1)15-8-12-7-10-3-6-17-13(10)9-16-12/h4,7,9,11,14-15H,1-3,5-6,8H2. The van der Waals surface area contributed by atoms with E-state index >= 15 is 0 Å². The van der Waals surface area contributed by atoms with E-state index in [9.17, 15) is 0 Å². The number of hydrogen-bond acceptors (Lipinski definition) is 4. The highest BCUT2D eigenvalue weighted by atomic mass is 16.5. The summed E-state index contributed by atoms with van der Waals surface area (Å²) in [7, 11) is 0. The number of aromatic nitrogens is 1. The quantitative estimate of drug-likeness (QED) is 0.817. The average molecular weight is 232 g/mol. The summed E-state index contributed by atoms with van der Waals surface area (Å²) in [5.74, 6) is 0.962. The van der Waals surface area contributed by atoms with Crippen molar-refractivity contribution in [2.45, 2.75) is 31.8 Å². The van der Waals surface area contributed by atoms with E-state index in [0.717, 1.165) is 44.0 Å². The summed E-state index contributed by atoms with van der Waals surface area (Å²) >= 11 is 0. The van der Waals surface area contributed by atoms with E-state index < -0.39 is 0 Å². The summed E-state index contributed by atoms with van der Waals surface area (Å²) < 4.78 is 5.45. The van der Waals surface area contributed by atoms with Crippen LogP contribution in [0.15, 0.2) is 12.3 Å². The van der Waals surface area contributed by atoms with Crippen LogP contribution in [0.2, 0.25) is 0 Å². The van der Waals surface area contributed by atoms with Crippen molar-refractivity contribution in [2.24, 2.45) is 0 Å². The molecule has 2 N–H and O–H groups in total. The summed E-state index contributed by atoms with van der Waals surface area (Å²) in [6, 6.07) is 2.75. The molecule has 1 aromatic rings. The molecule has 0 spiro atoms. The number of nitrogens with one attached hydrogen (secondary N) is 2. The molecule has 1 atom stereocenters. The Balaban J connectivity index is 1.57. The fraction of sp³-hybridized carbons (Fsp3) is 0.538. The number of pyridine rings is 1. The van der Waals surface area contributed by atoms with Crippen LogP contribution in [0, 0.1) is 6.54 Å². The highest BCUT2D eigenvalue weighted by Crippen LogP contribution is 2.24. The first-order chi connectivity index (χ1) is 8.42. The topological polar surface area (TPSA) is 46.2 Å². The predicted octanol–water partition coefficient (Wildman–Crippen LogP) is 1.02. The maximum absolute atomic E-state index is 5.45. The maximum Gasteiger partial charge on any atom is 0.140 e. The molecule has 4 heteroatoms. The Bertz CT molecular complexity index is 388. The van der Waals surface area contributed by atoms with Crippen LogP contribution in [0.4, 0.5) is 0 Å². The van der Waals surface area contributed by atoms with Gasteiger partial charge in [0.1, 0.15) is 5.75 Å². The van der Waals surface area contributed by atoms with Gasteiger partial charge < -0.3 is 15.4 Å². The first kappa shape index (κ1) is 11.0. The molecule has 2 aliphatic heterocycles. The molecule has 91 valence electrons. The highest BCUT2D eigenvalue weighted by Gasteiger charge is 2.15. The SMILES string of the molecule is [CH]1CC(NCc2cc3c(cn2)OCC3)CCN1. The molecule has 0 bridgehead atoms. The van der Waals surface area contributed by atoms with Gasteiger partial charge in [-0.15, -0.1) is 0 Å². The number of rotatable bonds is 3. The smallest absolute Gasteiger partial charge is 0.140 e. The van der Waals surface area contributed by atoms with Crippen LogP contribution in [-0.2, 0) is 13.0 Å². The molecule has 0 amide bonds. The molecule has 0 aliphatic carbocycles. The average Bonchev–Trinajstić information content (AvgIpc) is 2.85. The summed E-state index contributed by atoms with van der Waals surface area (Å²) in [4.78, 5) is 4.42. The lowest BCUT2D eigenvalue weighted by Gasteiger charge is -2.23. The van der Waals surface area contributed by atoms with E-state index in [-0.39, 0.29) is 0 Å². The van der Waals surface area contributed by atoms with E-state index in [1.165, 1.54) is 12.0 Å². The Kier molecular flexibility index (Phi) is 3.25. The van der Waals surface area contributed by atoms with Gasteiger partial charge in [0.2, 0.25) is 0 Å². The van der Waals surface area contributed by atoms with E-state index in [4.69, 9.17) is 4.74 Å². The van der Waals surface area contributed by atoms with Gasteiger partial charge in [-0.2, -0.15) is 0 Å². The first-order valence-electron chi connectivity index (χ1n) is 6.31. The molecular weight excluding hydrogens is 214 g/mol. The van der Waals surface area contributed by atoms with Crippen LogP contribution < -0.4 is 15.4 Å². The summed E-state index contributed by atoms with van der Waals surface area (Å²) in [5.41, 5.74) is 2.42. The molecule has 0 aromatic carbocycles. The van der Waals surface area contributed by atoms with Gasteiger partial charge in [0, 0.05) is 31.1 Å². The Morgan fingerprint density at radius 1 is 1.53 bits per heavy atom. The second kappa shape index (κ2) is 5.02. The zero-order valence-corrected chi connectivity index (χ0v) is 9.91. The molecule has 0 saturated carbocycles. The van der Waals surface area contributed by atoms with E-state index in [2.05, 4.69) is 28.2 Å². The first-order valence-corrected chi connectivity index (χ1v) is 6.31. The molecule has 3 heterocycles. The molecule has 1 aromatic heterocycles. The lowest BCUT2D eigenvalue weighted by atomic mass is 10.1. The monoisotopic (exact) mass is 232 g/mol. The highest BCUT2D eigenvalue weighted by molar-refractivity contribution is 5.35. The Labute approximate surface area is 102 Å². The molecule has 1 fully saturated rings. The van der Waals surface area contributed by atoms with Crippen LogP contribution in [0.1, 0.15) is 24.1 Å². The molecule has 2 aliphatic rings. The van der Waals surface area contributed by atoms with Crippen LogP contribution in [0.25, 0.3) is 0 Å². The molecule has 1 saturated heterocycles. The zero-order valence-electron chi connectivity index (χ0n) is 9.91. The van der Waals surface area contributed by atoms with Crippen molar-refractivity contribution >= 4 is 0 Å². The van der Waals surface area contributed by atoms with Crippen molar-refractivity contribution in [1.29, 1.82) is 0 Å². The van der Waals surface area contributed by atoms with Gasteiger partial charge in [0.05, 0.1) is 18.5 Å². The Morgan fingerprint density at radius 2 is 2.53 bits per heavy atom. The van der Waals surface area contributed by atoms with Crippen molar-refractivity contribution < 1.29 is 4.74 Å². The minimum Gasteiger partial charge on any atom is -0.491 e. The second-order valence-corrected chi connectivity index (χ2v) is 4.64. The van der Waals surface area contributed by atoms with Gasteiger partial charge in [-0.1, -0.05) is 0 Å². The van der Waals surface area contributed by atoms with Gasteiger partial charge in [0.15, 0.2) is 0 Å². The number of piperidine rings is 1. The fourth-order valence-corrected chi connectivity index (χ4v) is 2.36. The van der Waals surface area contributed by atoms with Gasteiger partial charge in [0.25, 0.3) is 0 Å². The predicted molar refractivity (Wildman–Crippen MR) is 65.6 cm³/mol. The number of ether oxygens (including phenoxy) is 1. The van der Waals surface area contributed by atoms with E-state index in [1.807, 2.05) is 6.20 Å². The van der Waals surface area contributed by atoms with Gasteiger partial charge >= 0.3 is 0 Å². The third-order valence-electron chi connectivity index (χ3n) is 3.39. The van der Waals surface area contributed by atoms with Gasteiger partial charge in [-0.3, -0.25) is 4.98 Å². The minimum atomic E-state index is 0.586. The molecule has 17 heavy (non-hydrogen) atoms. The van der Waals surface area contributed by atoms with Gasteiger partial charge in [-0.05, 0) is 25.5 Å². The van der Waals surface area contributed by atoms with Crippen LogP contribution in [-0.4, -0.2) is 24.2 Å². The molecular formula is C13H18N3O. The van der Waals surface area contributed by atoms with E-state index in [0.29, 0.717) is 6.04 Å². The summed E-state index contributed by atoms with van der Waals surface area (Å²) in [6.07, 6.45) is 5.15. The van der Waals surface area contributed by atoms with Gasteiger partial charge in [-0.25, -0.2) is 0 Å². The van der Waals surface area contributed by atoms with Crippen molar-refractivity contribution in [3.63, 3.8) is 0 Å². The van der Waals surface area contributed by atoms with Crippen LogP contribution in [0.5, 0.6) is 5.75 Å². The third-order valence-corrected chi connectivity index (χ3v) is 3.39. The lowest BCUT2D eigenvalue weighted by Crippen LogP contribution is -2.37. The van der Waals surface area contributed by atoms with Crippen molar-refractivity contribution in [2.75, 3.05) is 13.2 Å². The number of fused-ring (bicyclic) bond motifs is 1.